The van der Waals surface area contributed by atoms with Crippen molar-refractivity contribution < 1.29 is 14.9 Å². The van der Waals surface area contributed by atoms with Crippen LogP contribution in [0.3, 0.4) is 0 Å². The van der Waals surface area contributed by atoms with Crippen molar-refractivity contribution in [2.75, 3.05) is 19.0 Å². The summed E-state index contributed by atoms with van der Waals surface area (Å²) in [6.07, 6.45) is 6.21. The van der Waals surface area contributed by atoms with Gasteiger partial charge in [-0.3, -0.25) is 0 Å². The van der Waals surface area contributed by atoms with E-state index in [0.29, 0.717) is 6.54 Å². The lowest BCUT2D eigenvalue weighted by molar-refractivity contribution is 0.416. The summed E-state index contributed by atoms with van der Waals surface area (Å²) in [5.74, 6) is 1.32. The van der Waals surface area contributed by atoms with Crippen LogP contribution in [0.25, 0.3) is 10.8 Å². The number of aryl methyl sites for hydroxylation is 2. The predicted octanol–water partition coefficient (Wildman–Crippen LogP) is 4.91. The van der Waals surface area contributed by atoms with Gasteiger partial charge in [0.15, 0.2) is 5.88 Å². The summed E-state index contributed by atoms with van der Waals surface area (Å²) >= 11 is 0. The number of nitrogens with one attached hydrogen (secondary N) is 1. The number of aromatic hydroxyl groups is 2. The fourth-order valence-electron chi connectivity index (χ4n) is 3.32. The maximum absolute atomic E-state index is 10.7. The molecule has 5 nitrogen and oxygen atoms in total. The molecule has 0 aliphatic carbocycles. The van der Waals surface area contributed by atoms with Crippen LogP contribution in [0.5, 0.6) is 17.4 Å². The number of phenols is 1. The number of fused-ring (bicyclic) bond motifs is 1. The highest BCUT2D eigenvalue weighted by Crippen LogP contribution is 2.38. The number of aromatic nitrogens is 1. The number of unbranched alkanes of at least 4 members (excludes halogenated alkanes) is 2. The van der Waals surface area contributed by atoms with Crippen molar-refractivity contribution in [1.29, 1.82) is 0 Å². The first-order chi connectivity index (χ1) is 13.1. The zero-order valence-corrected chi connectivity index (χ0v) is 16.0. The molecule has 2 aromatic carbocycles. The predicted molar refractivity (Wildman–Crippen MR) is 110 cm³/mol. The number of hydrogen-bond acceptors (Lipinski definition) is 4. The molecular weight excluding hydrogens is 340 g/mol. The fraction of sp³-hybridized carbons (Fsp3) is 0.364. The number of ether oxygens (including phenoxy) is 1. The largest absolute Gasteiger partial charge is 0.508 e. The second-order valence-electron chi connectivity index (χ2n) is 6.80. The smallest absolute Gasteiger partial charge is 0.199 e. The second-order valence-corrected chi connectivity index (χ2v) is 6.80. The molecule has 1 heterocycles. The van der Waals surface area contributed by atoms with Gasteiger partial charge < -0.3 is 24.8 Å². The Kier molecular flexibility index (Phi) is 6.12. The van der Waals surface area contributed by atoms with Gasteiger partial charge in [0.25, 0.3) is 0 Å². The number of methoxy groups -OCH3 is 1. The summed E-state index contributed by atoms with van der Waals surface area (Å²) in [5, 5.41) is 25.3. The van der Waals surface area contributed by atoms with Crippen molar-refractivity contribution in [3.05, 3.63) is 48.2 Å². The minimum atomic E-state index is 0.263. The van der Waals surface area contributed by atoms with Gasteiger partial charge in [-0.25, -0.2) is 0 Å². The maximum atomic E-state index is 10.7. The Hall–Kier alpha value is -2.82. The third-order valence-corrected chi connectivity index (χ3v) is 4.88. The van der Waals surface area contributed by atoms with E-state index in [1.165, 1.54) is 12.8 Å². The third kappa shape index (κ3) is 4.30. The Morgan fingerprint density at radius 1 is 1.00 bits per heavy atom. The van der Waals surface area contributed by atoms with Crippen LogP contribution in [0.15, 0.2) is 42.6 Å². The first-order valence-electron chi connectivity index (χ1n) is 9.54. The lowest BCUT2D eigenvalue weighted by Crippen LogP contribution is -2.03. The van der Waals surface area contributed by atoms with Crippen molar-refractivity contribution in [2.24, 2.45) is 0 Å². The highest BCUT2D eigenvalue weighted by Gasteiger charge is 2.15. The Bertz CT molecular complexity index is 885. The molecule has 0 bridgehead atoms. The van der Waals surface area contributed by atoms with E-state index in [-0.39, 0.29) is 11.6 Å². The first-order valence-corrected chi connectivity index (χ1v) is 9.54. The molecule has 3 rings (SSSR count). The lowest BCUT2D eigenvalue weighted by Gasteiger charge is -2.12. The summed E-state index contributed by atoms with van der Waals surface area (Å²) < 4.78 is 7.39. The van der Waals surface area contributed by atoms with Crippen LogP contribution in [0, 0.1) is 0 Å². The highest BCUT2D eigenvalue weighted by molar-refractivity contribution is 6.00. The molecular formula is C22H28N2O3. The molecule has 27 heavy (non-hydrogen) atoms. The van der Waals surface area contributed by atoms with Gasteiger partial charge in [0.2, 0.25) is 0 Å². The van der Waals surface area contributed by atoms with E-state index < -0.39 is 0 Å². The van der Waals surface area contributed by atoms with Crippen molar-refractivity contribution in [1.82, 2.24) is 4.57 Å². The van der Waals surface area contributed by atoms with E-state index >= 15 is 0 Å². The Morgan fingerprint density at radius 2 is 1.78 bits per heavy atom. The van der Waals surface area contributed by atoms with Crippen LogP contribution in [-0.4, -0.2) is 28.4 Å². The Morgan fingerprint density at radius 3 is 2.48 bits per heavy atom. The van der Waals surface area contributed by atoms with E-state index in [1.54, 1.807) is 19.2 Å². The topological polar surface area (TPSA) is 66.6 Å². The quantitative estimate of drug-likeness (QED) is 0.470. The number of nitrogens with zero attached hydrogens (tertiary/aromatic N) is 1. The standard InChI is InChI=1S/C22H28N2O3/c1-3-4-5-13-23-21-19-15-24(14-12-16-6-8-17(25)9-7-16)22(26)18(19)10-11-20(21)27-2/h6-11,15,23,25-26H,3-5,12-14H2,1-2H3. The number of benzene rings is 2. The van der Waals surface area contributed by atoms with Crippen LogP contribution >= 0.6 is 0 Å². The van der Waals surface area contributed by atoms with Crippen LogP contribution in [0.1, 0.15) is 31.7 Å². The highest BCUT2D eigenvalue weighted by atomic mass is 16.5. The van der Waals surface area contributed by atoms with E-state index in [9.17, 15) is 10.2 Å². The first kappa shape index (κ1) is 19.0. The van der Waals surface area contributed by atoms with E-state index in [2.05, 4.69) is 12.2 Å². The molecule has 0 fully saturated rings. The second kappa shape index (κ2) is 8.71. The summed E-state index contributed by atoms with van der Waals surface area (Å²) in [7, 11) is 1.67. The number of hydrogen-bond donors (Lipinski definition) is 3. The molecule has 0 aliphatic rings. The molecule has 0 aliphatic heterocycles. The summed E-state index contributed by atoms with van der Waals surface area (Å²) in [5.41, 5.74) is 2.05. The van der Waals surface area contributed by atoms with Gasteiger partial charge >= 0.3 is 0 Å². The average molecular weight is 368 g/mol. The Labute approximate surface area is 160 Å². The van der Waals surface area contributed by atoms with Crippen LogP contribution in [-0.2, 0) is 13.0 Å². The number of rotatable bonds is 9. The molecule has 0 saturated heterocycles. The SMILES string of the molecule is CCCCCNc1c(OC)ccc2c(O)n(CCc3ccc(O)cc3)cc12. The molecule has 0 spiro atoms. The van der Waals surface area contributed by atoms with Crippen molar-refractivity contribution in [3.63, 3.8) is 0 Å². The zero-order valence-electron chi connectivity index (χ0n) is 16.0. The van der Waals surface area contributed by atoms with E-state index in [0.717, 1.165) is 47.2 Å². The van der Waals surface area contributed by atoms with Crippen LogP contribution in [0.2, 0.25) is 0 Å². The minimum Gasteiger partial charge on any atom is -0.508 e. The van der Waals surface area contributed by atoms with Crippen molar-refractivity contribution >= 4 is 16.5 Å². The summed E-state index contributed by atoms with van der Waals surface area (Å²) in [6.45, 7) is 3.72. The van der Waals surface area contributed by atoms with Crippen molar-refractivity contribution in [2.45, 2.75) is 39.2 Å². The van der Waals surface area contributed by atoms with Gasteiger partial charge in [0.05, 0.1) is 12.8 Å². The maximum Gasteiger partial charge on any atom is 0.199 e. The van der Waals surface area contributed by atoms with Gasteiger partial charge in [0.1, 0.15) is 11.5 Å². The van der Waals surface area contributed by atoms with E-state index in [1.807, 2.05) is 35.0 Å². The average Bonchev–Trinajstić information content (AvgIpc) is 3.01. The van der Waals surface area contributed by atoms with Gasteiger partial charge in [-0.1, -0.05) is 31.9 Å². The normalized spacial score (nSPS) is 11.0. The Balaban J connectivity index is 1.84. The third-order valence-electron chi connectivity index (χ3n) is 4.88. The molecule has 0 unspecified atom stereocenters. The van der Waals surface area contributed by atoms with Gasteiger partial charge in [-0.05, 0) is 42.7 Å². The molecule has 0 saturated carbocycles. The molecule has 1 aromatic heterocycles. The summed E-state index contributed by atoms with van der Waals surface area (Å²) in [6, 6.07) is 11.0. The van der Waals surface area contributed by atoms with Crippen LogP contribution in [0.4, 0.5) is 5.69 Å². The molecule has 5 heteroatoms. The molecule has 144 valence electrons. The fourth-order valence-corrected chi connectivity index (χ4v) is 3.32. The van der Waals surface area contributed by atoms with E-state index in [4.69, 9.17) is 4.74 Å². The molecule has 3 aromatic rings. The molecule has 0 radical (unpaired) electrons. The minimum absolute atomic E-state index is 0.263. The molecule has 0 atom stereocenters. The molecule has 3 N–H and O–H groups in total. The summed E-state index contributed by atoms with van der Waals surface area (Å²) in [4.78, 5) is 0. The molecule has 0 amide bonds. The van der Waals surface area contributed by atoms with Crippen molar-refractivity contribution in [3.8, 4) is 17.4 Å². The number of phenolic OH excluding ortho intramolecular Hbond substituents is 1. The monoisotopic (exact) mass is 368 g/mol. The van der Waals surface area contributed by atoms with Gasteiger partial charge in [-0.15, -0.1) is 0 Å². The lowest BCUT2D eigenvalue weighted by atomic mass is 10.1. The van der Waals surface area contributed by atoms with Gasteiger partial charge in [0, 0.05) is 30.1 Å². The zero-order chi connectivity index (χ0) is 19.2. The number of anilines is 1. The van der Waals surface area contributed by atoms with Crippen LogP contribution < -0.4 is 10.1 Å². The van der Waals surface area contributed by atoms with Gasteiger partial charge in [-0.2, -0.15) is 0 Å².